The molecular formula is C13H20F3N3O2S. The average Bonchev–Trinajstić information content (AvgIpc) is 2.88. The molecule has 1 atom stereocenters. The van der Waals surface area contributed by atoms with E-state index in [0.717, 1.165) is 12.6 Å². The number of rotatable bonds is 6. The van der Waals surface area contributed by atoms with E-state index in [-0.39, 0.29) is 10.0 Å². The smallest absolute Gasteiger partial charge is 0.376 e. The maximum atomic E-state index is 12.8. The third-order valence-electron chi connectivity index (χ3n) is 3.06. The predicted molar refractivity (Wildman–Crippen MR) is 79.1 cm³/mol. The largest absolute Gasteiger partial charge is 0.422 e. The first-order chi connectivity index (χ1) is 10.1. The van der Waals surface area contributed by atoms with Gasteiger partial charge in [0.1, 0.15) is 0 Å². The fourth-order valence-electron chi connectivity index (χ4n) is 1.60. The molecule has 22 heavy (non-hydrogen) atoms. The van der Waals surface area contributed by atoms with Crippen LogP contribution in [0.25, 0.3) is 0 Å². The molecule has 1 unspecified atom stereocenters. The van der Waals surface area contributed by atoms with Gasteiger partial charge in [0.25, 0.3) is 0 Å². The van der Waals surface area contributed by atoms with Crippen molar-refractivity contribution in [1.82, 2.24) is 10.3 Å². The number of hydrogen-bond donors (Lipinski definition) is 2. The number of hydrogen-bond acceptors (Lipinski definition) is 4. The maximum absolute atomic E-state index is 12.8. The van der Waals surface area contributed by atoms with Crippen LogP contribution in [0, 0.1) is 0 Å². The van der Waals surface area contributed by atoms with E-state index in [9.17, 15) is 23.1 Å². The van der Waals surface area contributed by atoms with E-state index in [0.29, 0.717) is 37.8 Å². The van der Waals surface area contributed by atoms with Crippen LogP contribution in [-0.4, -0.2) is 35.4 Å². The van der Waals surface area contributed by atoms with Crippen molar-refractivity contribution in [2.24, 2.45) is 0 Å². The fourth-order valence-corrected chi connectivity index (χ4v) is 2.61. The molecule has 0 bridgehead atoms. The summed E-state index contributed by atoms with van der Waals surface area (Å²) in [5, 5.41) is 12.4. The van der Waals surface area contributed by atoms with Crippen LogP contribution in [0.15, 0.2) is 6.20 Å². The zero-order valence-corrected chi connectivity index (χ0v) is 13.5. The SMILES string of the molecule is CCCCN(C(=O)NCC)c1ncc(C(C)(O)C(F)(F)F)s1. The number of halogens is 3. The van der Waals surface area contributed by atoms with Gasteiger partial charge in [0, 0.05) is 19.3 Å². The Morgan fingerprint density at radius 3 is 2.59 bits per heavy atom. The van der Waals surface area contributed by atoms with Crippen LogP contribution in [0.1, 0.15) is 38.5 Å². The second kappa shape index (κ2) is 7.28. The number of amides is 2. The standard InChI is InChI=1S/C13H20F3N3O2S/c1-4-6-7-19(10(20)17-5-2)11-18-8-9(22-11)12(3,21)13(14,15)16/h8,21H,4-7H2,1-3H3,(H,17,20). The molecule has 0 aliphatic carbocycles. The molecular weight excluding hydrogens is 319 g/mol. The molecule has 5 nitrogen and oxygen atoms in total. The molecule has 126 valence electrons. The topological polar surface area (TPSA) is 65.5 Å². The monoisotopic (exact) mass is 339 g/mol. The normalized spacial score (nSPS) is 14.5. The molecule has 0 saturated heterocycles. The second-order valence-electron chi connectivity index (χ2n) is 4.92. The van der Waals surface area contributed by atoms with Gasteiger partial charge in [-0.3, -0.25) is 4.90 Å². The van der Waals surface area contributed by atoms with Crippen LogP contribution in [-0.2, 0) is 5.60 Å². The number of aliphatic hydroxyl groups is 1. The Labute approximate surface area is 131 Å². The van der Waals surface area contributed by atoms with Crippen molar-refractivity contribution in [2.75, 3.05) is 18.0 Å². The molecule has 0 fully saturated rings. The first-order valence-corrected chi connectivity index (χ1v) is 7.77. The third kappa shape index (κ3) is 4.10. The van der Waals surface area contributed by atoms with Crippen molar-refractivity contribution in [3.63, 3.8) is 0 Å². The van der Waals surface area contributed by atoms with Crippen molar-refractivity contribution in [3.05, 3.63) is 11.1 Å². The minimum atomic E-state index is -4.81. The Morgan fingerprint density at radius 1 is 1.45 bits per heavy atom. The molecule has 1 aromatic heterocycles. The molecule has 9 heteroatoms. The highest BCUT2D eigenvalue weighted by molar-refractivity contribution is 7.15. The van der Waals surface area contributed by atoms with Gasteiger partial charge in [0.15, 0.2) is 10.7 Å². The fraction of sp³-hybridized carbons (Fsp3) is 0.692. The Hall–Kier alpha value is -1.35. The van der Waals surface area contributed by atoms with Crippen LogP contribution in [0.5, 0.6) is 0 Å². The zero-order chi connectivity index (χ0) is 17.0. The number of unbranched alkanes of at least 4 members (excludes halogenated alkanes) is 1. The van der Waals surface area contributed by atoms with Crippen molar-refractivity contribution in [1.29, 1.82) is 0 Å². The van der Waals surface area contributed by atoms with Gasteiger partial charge in [-0.2, -0.15) is 13.2 Å². The van der Waals surface area contributed by atoms with Gasteiger partial charge in [-0.15, -0.1) is 0 Å². The molecule has 0 spiro atoms. The van der Waals surface area contributed by atoms with Gasteiger partial charge in [0.2, 0.25) is 0 Å². The summed E-state index contributed by atoms with van der Waals surface area (Å²) in [6, 6.07) is -0.413. The molecule has 0 aromatic carbocycles. The summed E-state index contributed by atoms with van der Waals surface area (Å²) in [7, 11) is 0. The number of thiazole rings is 1. The average molecular weight is 339 g/mol. The predicted octanol–water partition coefficient (Wildman–Crippen LogP) is 3.25. The van der Waals surface area contributed by atoms with Crippen molar-refractivity contribution < 1.29 is 23.1 Å². The number of alkyl halides is 3. The van der Waals surface area contributed by atoms with Crippen molar-refractivity contribution >= 4 is 22.5 Å². The van der Waals surface area contributed by atoms with Crippen LogP contribution in [0.3, 0.4) is 0 Å². The van der Waals surface area contributed by atoms with Crippen LogP contribution < -0.4 is 10.2 Å². The van der Waals surface area contributed by atoms with Gasteiger partial charge in [-0.1, -0.05) is 24.7 Å². The first-order valence-electron chi connectivity index (χ1n) is 6.95. The van der Waals surface area contributed by atoms with Crippen LogP contribution in [0.4, 0.5) is 23.1 Å². The van der Waals surface area contributed by atoms with Gasteiger partial charge in [-0.25, -0.2) is 9.78 Å². The Balaban J connectivity index is 3.06. The van der Waals surface area contributed by atoms with E-state index in [1.54, 1.807) is 6.92 Å². The van der Waals surface area contributed by atoms with E-state index in [1.165, 1.54) is 4.90 Å². The summed E-state index contributed by atoms with van der Waals surface area (Å²) in [5.41, 5.74) is -2.99. The van der Waals surface area contributed by atoms with Crippen LogP contribution in [0.2, 0.25) is 0 Å². The lowest BCUT2D eigenvalue weighted by molar-refractivity contribution is -0.257. The number of carbonyl (C=O) groups excluding carboxylic acids is 1. The second-order valence-corrected chi connectivity index (χ2v) is 5.93. The lowest BCUT2D eigenvalue weighted by Gasteiger charge is -2.24. The molecule has 1 aromatic rings. The number of anilines is 1. The summed E-state index contributed by atoms with van der Waals surface area (Å²) < 4.78 is 38.5. The van der Waals surface area contributed by atoms with E-state index in [1.807, 2.05) is 6.92 Å². The molecule has 0 radical (unpaired) electrons. The Bertz CT molecular complexity index is 503. The molecule has 1 rings (SSSR count). The van der Waals surface area contributed by atoms with E-state index >= 15 is 0 Å². The summed E-state index contributed by atoms with van der Waals surface area (Å²) in [5.74, 6) is 0. The number of nitrogens with zero attached hydrogens (tertiary/aromatic N) is 2. The third-order valence-corrected chi connectivity index (χ3v) is 4.30. The van der Waals surface area contributed by atoms with Gasteiger partial charge in [0.05, 0.1) is 4.88 Å². The molecule has 0 aliphatic rings. The number of urea groups is 1. The zero-order valence-electron chi connectivity index (χ0n) is 12.7. The molecule has 1 heterocycles. The minimum Gasteiger partial charge on any atom is -0.376 e. The first kappa shape index (κ1) is 18.7. The van der Waals surface area contributed by atoms with E-state index in [2.05, 4.69) is 10.3 Å². The molecule has 0 aliphatic heterocycles. The molecule has 2 N–H and O–H groups in total. The summed E-state index contributed by atoms with van der Waals surface area (Å²) >= 11 is 0.663. The van der Waals surface area contributed by atoms with E-state index < -0.39 is 17.8 Å². The van der Waals surface area contributed by atoms with E-state index in [4.69, 9.17) is 0 Å². The highest BCUT2D eigenvalue weighted by Gasteiger charge is 2.52. The van der Waals surface area contributed by atoms with Gasteiger partial charge in [-0.05, 0) is 20.3 Å². The van der Waals surface area contributed by atoms with Crippen LogP contribution >= 0.6 is 11.3 Å². The van der Waals surface area contributed by atoms with Gasteiger partial charge >= 0.3 is 12.2 Å². The van der Waals surface area contributed by atoms with Crippen molar-refractivity contribution in [3.8, 4) is 0 Å². The molecule has 2 amide bonds. The highest BCUT2D eigenvalue weighted by atomic mass is 32.1. The minimum absolute atomic E-state index is 0.138. The lowest BCUT2D eigenvalue weighted by Crippen LogP contribution is -2.40. The Morgan fingerprint density at radius 2 is 2.09 bits per heavy atom. The maximum Gasteiger partial charge on any atom is 0.422 e. The van der Waals surface area contributed by atoms with Gasteiger partial charge < -0.3 is 10.4 Å². The summed E-state index contributed by atoms with van der Waals surface area (Å²) in [6.07, 6.45) is -2.32. The quantitative estimate of drug-likeness (QED) is 0.836. The summed E-state index contributed by atoms with van der Waals surface area (Å²) in [6.45, 7) is 5.12. The molecule has 0 saturated carbocycles. The number of aromatic nitrogens is 1. The highest BCUT2D eigenvalue weighted by Crippen LogP contribution is 2.42. The lowest BCUT2D eigenvalue weighted by atomic mass is 10.1. The summed E-state index contributed by atoms with van der Waals surface area (Å²) in [4.78, 5) is 16.8. The Kier molecular flexibility index (Phi) is 6.18. The number of carbonyl (C=O) groups is 1. The van der Waals surface area contributed by atoms with Crippen molar-refractivity contribution in [2.45, 2.75) is 45.4 Å². The number of nitrogens with one attached hydrogen (secondary N) is 1.